The zero-order valence-electron chi connectivity index (χ0n) is 44.6. The molecule has 0 saturated carbocycles. The lowest BCUT2D eigenvalue weighted by molar-refractivity contribution is 0.668. The van der Waals surface area contributed by atoms with Crippen molar-refractivity contribution in [3.63, 3.8) is 0 Å². The van der Waals surface area contributed by atoms with Gasteiger partial charge >= 0.3 is 0 Å². The summed E-state index contributed by atoms with van der Waals surface area (Å²) in [6, 6.07) is 103. The van der Waals surface area contributed by atoms with Crippen LogP contribution in [0.1, 0.15) is 0 Å². The predicted octanol–water partition coefficient (Wildman–Crippen LogP) is 19.7. The molecule has 0 radical (unpaired) electrons. The molecule has 13 aromatic carbocycles. The number of thiophene rings is 2. The molecule has 4 nitrogen and oxygen atoms in total. The number of hydrogen-bond acceptors (Lipinski definition) is 6. The highest BCUT2D eigenvalue weighted by atomic mass is 32.1. The Balaban J connectivity index is 0.881. The monoisotopic (exact) mass is 1110 g/mol. The molecule has 0 fully saturated rings. The summed E-state index contributed by atoms with van der Waals surface area (Å²) in [7, 11) is -3.25. The second-order valence-electron chi connectivity index (χ2n) is 21.9. The number of nitrogens with zero attached hydrogens (tertiary/aromatic N) is 2. The summed E-state index contributed by atoms with van der Waals surface area (Å²) in [5.41, 5.74) is 12.3. The standard InChI is InChI=1S/C76H46N2O2S2Si/c1-2-17-49(18-3-1)78-65-24-9-13-28-75(65)83(53-35-38-61-59-21-7-11-26-71(59)81-73(61)43-53,54-36-39-62-60-22-8-12-27-72(60)82-74(62)44-54)76-46-70-64(45-66(76)78)58-37-33-52(42-69(58)80-70)77(51-34-40-68-63(41-51)57-20-6-10-25-67(57)79-68)50-31-29-48(30-32-50)56-23-14-16-47-15-4-5-19-55(47)56/h1-46H. The Morgan fingerprint density at radius 2 is 0.855 bits per heavy atom. The van der Waals surface area contributed by atoms with Crippen molar-refractivity contribution in [3.05, 3.63) is 279 Å². The first-order valence-electron chi connectivity index (χ1n) is 28.2. The smallest absolute Gasteiger partial charge is 0.184 e. The number of hydrogen-bond donors (Lipinski definition) is 0. The molecule has 0 N–H and O–H groups in total. The molecule has 0 aliphatic carbocycles. The molecule has 0 atom stereocenters. The molecule has 0 unspecified atom stereocenters. The fraction of sp³-hybridized carbons (Fsp3) is 0. The minimum Gasteiger partial charge on any atom is -0.456 e. The molecule has 388 valence electrons. The molecule has 4 aromatic heterocycles. The van der Waals surface area contributed by atoms with Crippen LogP contribution in [0.3, 0.4) is 0 Å². The van der Waals surface area contributed by atoms with Crippen LogP contribution in [0.5, 0.6) is 0 Å². The van der Waals surface area contributed by atoms with E-state index >= 15 is 0 Å². The third kappa shape index (κ3) is 6.96. The van der Waals surface area contributed by atoms with Gasteiger partial charge in [0.05, 0.1) is 0 Å². The third-order valence-corrected chi connectivity index (χ3v) is 24.6. The molecule has 7 heteroatoms. The van der Waals surface area contributed by atoms with Gasteiger partial charge in [0.1, 0.15) is 22.3 Å². The Hall–Kier alpha value is -10.0. The summed E-state index contributed by atoms with van der Waals surface area (Å²) in [5.74, 6) is 0. The molecule has 17 aromatic rings. The highest BCUT2D eigenvalue weighted by Gasteiger charge is 2.50. The summed E-state index contributed by atoms with van der Waals surface area (Å²) < 4.78 is 19.0. The SMILES string of the molecule is c1ccc(N2c3ccccc3[Si](c3ccc4c(c3)sc3ccccc34)(c3ccc4c(c3)sc3ccccc34)c3cc4oc5cc(N(c6ccc(-c7cccc8ccccc78)cc6)c6ccc7oc8ccccc8c7c6)ccc5c4cc32)cc1. The van der Waals surface area contributed by atoms with Crippen molar-refractivity contribution in [2.75, 3.05) is 9.80 Å². The minimum absolute atomic E-state index is 0.821. The van der Waals surface area contributed by atoms with E-state index in [1.54, 1.807) is 0 Å². The molecule has 0 amide bonds. The number of fused-ring (bicyclic) bond motifs is 15. The average Bonchev–Trinajstić information content (AvgIpc) is 2.05. The van der Waals surface area contributed by atoms with Crippen molar-refractivity contribution >= 4 is 181 Å². The van der Waals surface area contributed by atoms with E-state index in [9.17, 15) is 0 Å². The van der Waals surface area contributed by atoms with Crippen LogP contribution >= 0.6 is 22.7 Å². The van der Waals surface area contributed by atoms with Crippen LogP contribution in [0.25, 0.3) is 106 Å². The van der Waals surface area contributed by atoms with Gasteiger partial charge in [0.2, 0.25) is 0 Å². The topological polar surface area (TPSA) is 32.8 Å². The van der Waals surface area contributed by atoms with Gasteiger partial charge in [-0.25, -0.2) is 0 Å². The normalized spacial score (nSPS) is 13.1. The Morgan fingerprint density at radius 3 is 1.63 bits per heavy atom. The molecule has 18 rings (SSSR count). The van der Waals surface area contributed by atoms with Crippen molar-refractivity contribution in [3.8, 4) is 11.1 Å². The summed E-state index contributed by atoms with van der Waals surface area (Å²) >= 11 is 3.79. The van der Waals surface area contributed by atoms with Crippen molar-refractivity contribution in [2.24, 2.45) is 0 Å². The largest absolute Gasteiger partial charge is 0.456 e. The van der Waals surface area contributed by atoms with E-state index < -0.39 is 8.07 Å². The van der Waals surface area contributed by atoms with Crippen molar-refractivity contribution in [1.29, 1.82) is 0 Å². The zero-order valence-corrected chi connectivity index (χ0v) is 47.2. The molecule has 1 aliphatic heterocycles. The molecule has 5 heterocycles. The van der Waals surface area contributed by atoms with Crippen LogP contribution in [0, 0.1) is 0 Å². The number of rotatable bonds is 7. The van der Waals surface area contributed by atoms with Crippen LogP contribution in [-0.4, -0.2) is 8.07 Å². The summed E-state index contributed by atoms with van der Waals surface area (Å²) in [5, 5.41) is 17.3. The first-order valence-corrected chi connectivity index (χ1v) is 31.8. The van der Waals surface area contributed by atoms with E-state index in [1.807, 2.05) is 34.8 Å². The number of para-hydroxylation sites is 3. The van der Waals surface area contributed by atoms with Crippen molar-refractivity contribution in [2.45, 2.75) is 0 Å². The number of benzene rings is 13. The van der Waals surface area contributed by atoms with E-state index in [1.165, 1.54) is 88.8 Å². The minimum atomic E-state index is -3.25. The van der Waals surface area contributed by atoms with Gasteiger partial charge in [-0.05, 0) is 146 Å². The van der Waals surface area contributed by atoms with Crippen LogP contribution < -0.4 is 30.5 Å². The van der Waals surface area contributed by atoms with Gasteiger partial charge in [-0.3, -0.25) is 0 Å². The second-order valence-corrected chi connectivity index (χ2v) is 27.8. The Labute approximate surface area is 486 Å². The van der Waals surface area contributed by atoms with Crippen molar-refractivity contribution in [1.82, 2.24) is 0 Å². The lowest BCUT2D eigenvalue weighted by Crippen LogP contribution is -2.77. The van der Waals surface area contributed by atoms with E-state index in [0.29, 0.717) is 0 Å². The van der Waals surface area contributed by atoms with Gasteiger partial charge in [-0.15, -0.1) is 22.7 Å². The highest BCUT2D eigenvalue weighted by Crippen LogP contribution is 2.46. The molecular weight excluding hydrogens is 1070 g/mol. The van der Waals surface area contributed by atoms with Crippen LogP contribution in [-0.2, 0) is 0 Å². The molecule has 1 aliphatic rings. The van der Waals surface area contributed by atoms with E-state index in [2.05, 4.69) is 277 Å². The van der Waals surface area contributed by atoms with E-state index in [-0.39, 0.29) is 0 Å². The maximum absolute atomic E-state index is 7.39. The number of anilines is 6. The average molecular weight is 1110 g/mol. The van der Waals surface area contributed by atoms with E-state index in [0.717, 1.165) is 72.2 Å². The molecule has 83 heavy (non-hydrogen) atoms. The Morgan fingerprint density at radius 1 is 0.313 bits per heavy atom. The summed E-state index contributed by atoms with van der Waals surface area (Å²) in [4.78, 5) is 4.86. The molecule has 0 bridgehead atoms. The maximum atomic E-state index is 7.39. The first kappa shape index (κ1) is 46.7. The van der Waals surface area contributed by atoms with E-state index in [4.69, 9.17) is 8.83 Å². The first-order chi connectivity index (χ1) is 41.1. The molecule has 0 saturated heterocycles. The summed E-state index contributed by atoms with van der Waals surface area (Å²) in [6.45, 7) is 0. The third-order valence-electron chi connectivity index (χ3n) is 17.5. The quantitative estimate of drug-likeness (QED) is 0.149. The number of furan rings is 2. The molecule has 0 spiro atoms. The Kier molecular flexibility index (Phi) is 10.1. The van der Waals surface area contributed by atoms with Crippen molar-refractivity contribution < 1.29 is 8.83 Å². The molecular formula is C76H46N2O2S2Si. The van der Waals surface area contributed by atoms with Crippen LogP contribution in [0.15, 0.2) is 288 Å². The highest BCUT2D eigenvalue weighted by molar-refractivity contribution is 7.27. The van der Waals surface area contributed by atoms with Gasteiger partial charge in [0.25, 0.3) is 0 Å². The van der Waals surface area contributed by atoms with Gasteiger partial charge in [0.15, 0.2) is 8.07 Å². The van der Waals surface area contributed by atoms with Crippen LogP contribution in [0.2, 0.25) is 0 Å². The van der Waals surface area contributed by atoms with Gasteiger partial charge in [0, 0.05) is 102 Å². The lowest BCUT2D eigenvalue weighted by atomic mass is 9.98. The predicted molar refractivity (Wildman–Crippen MR) is 356 cm³/mol. The second kappa shape index (κ2) is 18.0. The van der Waals surface area contributed by atoms with Gasteiger partial charge in [-0.1, -0.05) is 170 Å². The zero-order chi connectivity index (χ0) is 54.3. The van der Waals surface area contributed by atoms with Gasteiger partial charge < -0.3 is 18.6 Å². The summed E-state index contributed by atoms with van der Waals surface area (Å²) in [6.07, 6.45) is 0. The fourth-order valence-electron chi connectivity index (χ4n) is 13.8. The maximum Gasteiger partial charge on any atom is 0.184 e. The van der Waals surface area contributed by atoms with Crippen LogP contribution in [0.4, 0.5) is 34.1 Å². The lowest BCUT2D eigenvalue weighted by Gasteiger charge is -2.45. The Bertz CT molecular complexity index is 5380. The fourth-order valence-corrected chi connectivity index (χ4v) is 21.4. The van der Waals surface area contributed by atoms with Gasteiger partial charge in [-0.2, -0.15) is 0 Å².